The molecule has 1 atom stereocenters. The van der Waals surface area contributed by atoms with Gasteiger partial charge in [-0.25, -0.2) is 4.52 Å². The minimum atomic E-state index is -0.0528. The van der Waals surface area contributed by atoms with Crippen LogP contribution in [0.15, 0.2) is 24.4 Å². The molecule has 176 valence electrons. The third kappa shape index (κ3) is 3.74. The van der Waals surface area contributed by atoms with Crippen molar-refractivity contribution in [2.75, 3.05) is 33.7 Å². The van der Waals surface area contributed by atoms with Gasteiger partial charge < -0.3 is 15.1 Å². The number of fused-ring (bicyclic) bond motifs is 1. The van der Waals surface area contributed by atoms with Gasteiger partial charge in [0.2, 0.25) is 0 Å². The number of hydrogen-bond acceptors (Lipinski definition) is 4. The van der Waals surface area contributed by atoms with E-state index in [1.807, 2.05) is 23.2 Å². The largest absolute Gasteiger partial charge is 0.351 e. The van der Waals surface area contributed by atoms with E-state index in [2.05, 4.69) is 29.4 Å². The third-order valence-corrected chi connectivity index (χ3v) is 8.94. The molecule has 0 spiro atoms. The predicted octanol–water partition coefficient (Wildman–Crippen LogP) is 3.06. The second-order valence-corrected chi connectivity index (χ2v) is 11.5. The molecular weight excluding hydrogens is 414 g/mol. The summed E-state index contributed by atoms with van der Waals surface area (Å²) in [6.45, 7) is 2.24. The highest BCUT2D eigenvalue weighted by atomic mass is 16.2. The molecule has 0 radical (unpaired) electrons. The van der Waals surface area contributed by atoms with Crippen LogP contribution in [0.4, 0.5) is 0 Å². The van der Waals surface area contributed by atoms with Gasteiger partial charge in [-0.15, -0.1) is 0 Å². The van der Waals surface area contributed by atoms with E-state index in [0.717, 1.165) is 43.8 Å². The fourth-order valence-electron chi connectivity index (χ4n) is 7.69. The van der Waals surface area contributed by atoms with Crippen molar-refractivity contribution in [1.29, 1.82) is 0 Å². The summed E-state index contributed by atoms with van der Waals surface area (Å²) in [5, 5.41) is 7.80. The summed E-state index contributed by atoms with van der Waals surface area (Å²) in [5.41, 5.74) is 2.01. The molecule has 4 saturated carbocycles. The van der Waals surface area contributed by atoms with E-state index in [0.29, 0.717) is 28.2 Å². The first-order valence-corrected chi connectivity index (χ1v) is 12.6. The average Bonchev–Trinajstić information content (AvgIpc) is 3.43. The summed E-state index contributed by atoms with van der Waals surface area (Å²) >= 11 is 0. The standard InChI is InChI=1S/C26H35N5O2/c1-29(2)20-5-7-30(15-20)25(33)22-11-23-21(4-3-6-31(23)28-22)24(32)27-16-26-12-17-8-18(13-26)10-19(9-17)14-26/h3-4,6,11,17-20H,5,7-10,12-16H2,1-2H3,(H,27,32)/t17?,18?,19?,20-,26?/m1/s1. The van der Waals surface area contributed by atoms with Crippen molar-refractivity contribution in [2.24, 2.45) is 23.2 Å². The summed E-state index contributed by atoms with van der Waals surface area (Å²) in [4.78, 5) is 30.4. The Balaban J connectivity index is 1.18. The maximum Gasteiger partial charge on any atom is 0.274 e. The number of pyridine rings is 1. The predicted molar refractivity (Wildman–Crippen MR) is 126 cm³/mol. The van der Waals surface area contributed by atoms with Crippen LogP contribution in [0, 0.1) is 23.2 Å². The van der Waals surface area contributed by atoms with Crippen molar-refractivity contribution < 1.29 is 9.59 Å². The zero-order valence-corrected chi connectivity index (χ0v) is 19.8. The van der Waals surface area contributed by atoms with Gasteiger partial charge in [-0.1, -0.05) is 0 Å². The van der Waals surface area contributed by atoms with Crippen LogP contribution in [0.3, 0.4) is 0 Å². The van der Waals surface area contributed by atoms with Crippen LogP contribution in [-0.4, -0.2) is 71.0 Å². The highest BCUT2D eigenvalue weighted by Crippen LogP contribution is 2.59. The minimum Gasteiger partial charge on any atom is -0.351 e. The molecule has 33 heavy (non-hydrogen) atoms. The number of rotatable bonds is 5. The number of amides is 2. The number of nitrogens with zero attached hydrogens (tertiary/aromatic N) is 4. The normalized spacial score (nSPS) is 32.8. The van der Waals surface area contributed by atoms with Gasteiger partial charge in [-0.2, -0.15) is 5.10 Å². The van der Waals surface area contributed by atoms with Gasteiger partial charge in [0.1, 0.15) is 0 Å². The maximum atomic E-state index is 13.3. The monoisotopic (exact) mass is 449 g/mol. The van der Waals surface area contributed by atoms with Crippen molar-refractivity contribution in [2.45, 2.75) is 51.0 Å². The van der Waals surface area contributed by atoms with Crippen molar-refractivity contribution in [3.05, 3.63) is 35.7 Å². The number of aromatic nitrogens is 2. The van der Waals surface area contributed by atoms with Crippen molar-refractivity contribution >= 4 is 17.3 Å². The Kier molecular flexibility index (Phi) is 5.02. The molecule has 1 N–H and O–H groups in total. The van der Waals surface area contributed by atoms with E-state index in [-0.39, 0.29) is 11.8 Å². The first-order chi connectivity index (χ1) is 15.9. The fourth-order valence-corrected chi connectivity index (χ4v) is 7.69. The van der Waals surface area contributed by atoms with Crippen molar-refractivity contribution in [3.63, 3.8) is 0 Å². The Morgan fingerprint density at radius 2 is 1.85 bits per heavy atom. The summed E-state index contributed by atoms with van der Waals surface area (Å²) in [6, 6.07) is 5.85. The second kappa shape index (κ2) is 7.83. The zero-order chi connectivity index (χ0) is 22.7. The number of likely N-dealkylation sites (N-methyl/N-ethyl adjacent to an activating group) is 1. The number of hydrogen-bond donors (Lipinski definition) is 1. The maximum absolute atomic E-state index is 13.3. The number of carbonyl (C=O) groups excluding carboxylic acids is 2. The molecule has 4 bridgehead atoms. The first-order valence-electron chi connectivity index (χ1n) is 12.6. The fraction of sp³-hybridized carbons (Fsp3) is 0.654. The van der Waals surface area contributed by atoms with Gasteiger partial charge in [0.05, 0.1) is 11.1 Å². The molecule has 0 unspecified atom stereocenters. The van der Waals surface area contributed by atoms with Crippen molar-refractivity contribution in [3.8, 4) is 0 Å². The average molecular weight is 450 g/mol. The Hall–Kier alpha value is -2.41. The highest BCUT2D eigenvalue weighted by molar-refractivity contribution is 6.02. The van der Waals surface area contributed by atoms with Crippen LogP contribution in [0.5, 0.6) is 0 Å². The zero-order valence-electron chi connectivity index (χ0n) is 19.8. The molecule has 1 saturated heterocycles. The molecule has 5 fully saturated rings. The van der Waals surface area contributed by atoms with Gasteiger partial charge >= 0.3 is 0 Å². The lowest BCUT2D eigenvalue weighted by atomic mass is 9.49. The molecule has 2 amide bonds. The van der Waals surface area contributed by atoms with Crippen LogP contribution in [0.1, 0.15) is 65.8 Å². The molecule has 7 rings (SSSR count). The highest BCUT2D eigenvalue weighted by Gasteiger charge is 2.50. The van der Waals surface area contributed by atoms with Crippen molar-refractivity contribution in [1.82, 2.24) is 24.7 Å². The Bertz CT molecular complexity index is 1050. The van der Waals surface area contributed by atoms with Gasteiger partial charge in [0, 0.05) is 31.9 Å². The second-order valence-electron chi connectivity index (χ2n) is 11.5. The molecule has 0 aromatic carbocycles. The Morgan fingerprint density at radius 1 is 1.15 bits per heavy atom. The van der Waals surface area contributed by atoms with Crippen LogP contribution in [-0.2, 0) is 0 Å². The van der Waals surface area contributed by atoms with Crippen LogP contribution in [0.25, 0.3) is 5.52 Å². The van der Waals surface area contributed by atoms with E-state index in [1.54, 1.807) is 10.6 Å². The molecule has 2 aromatic rings. The quantitative estimate of drug-likeness (QED) is 0.762. The van der Waals surface area contributed by atoms with E-state index in [4.69, 9.17) is 0 Å². The molecule has 7 heteroatoms. The van der Waals surface area contributed by atoms with Gasteiger partial charge in [-0.05, 0) is 100 Å². The molecule has 2 aromatic heterocycles. The van der Waals surface area contributed by atoms with Gasteiger partial charge in [0.25, 0.3) is 11.8 Å². The summed E-state index contributed by atoms with van der Waals surface area (Å²) < 4.78 is 1.67. The third-order valence-electron chi connectivity index (χ3n) is 8.94. The lowest BCUT2D eigenvalue weighted by Crippen LogP contribution is -2.51. The Labute approximate surface area is 195 Å². The van der Waals surface area contributed by atoms with Crippen LogP contribution >= 0.6 is 0 Å². The number of carbonyl (C=O) groups is 2. The number of likely N-dealkylation sites (tertiary alicyclic amines) is 1. The SMILES string of the molecule is CN(C)[C@@H]1CCN(C(=O)c2cc3c(C(=O)NCC45CC6CC(CC(C6)C4)C5)cccn3n2)C1. The van der Waals surface area contributed by atoms with E-state index < -0.39 is 0 Å². The van der Waals surface area contributed by atoms with E-state index in [9.17, 15) is 9.59 Å². The van der Waals surface area contributed by atoms with E-state index >= 15 is 0 Å². The molecule has 7 nitrogen and oxygen atoms in total. The van der Waals surface area contributed by atoms with Crippen LogP contribution < -0.4 is 5.32 Å². The van der Waals surface area contributed by atoms with Gasteiger partial charge in [-0.3, -0.25) is 9.59 Å². The summed E-state index contributed by atoms with van der Waals surface area (Å²) in [5.74, 6) is 2.51. The van der Waals surface area contributed by atoms with Gasteiger partial charge in [0.15, 0.2) is 5.69 Å². The molecule has 5 aliphatic rings. The van der Waals surface area contributed by atoms with Crippen LogP contribution in [0.2, 0.25) is 0 Å². The summed E-state index contributed by atoms with van der Waals surface area (Å²) in [6.07, 6.45) is 10.8. The number of nitrogens with one attached hydrogen (secondary N) is 1. The molecule has 1 aliphatic heterocycles. The smallest absolute Gasteiger partial charge is 0.274 e. The topological polar surface area (TPSA) is 70.0 Å². The molecule has 3 heterocycles. The summed E-state index contributed by atoms with van der Waals surface area (Å²) in [7, 11) is 4.11. The molecule has 4 aliphatic carbocycles. The van der Waals surface area contributed by atoms with E-state index in [1.165, 1.54) is 38.5 Å². The Morgan fingerprint density at radius 3 is 2.48 bits per heavy atom. The lowest BCUT2D eigenvalue weighted by Gasteiger charge is -2.56. The first kappa shape index (κ1) is 21.1. The minimum absolute atomic E-state index is 0.0518. The lowest BCUT2D eigenvalue weighted by molar-refractivity contribution is -0.0503. The molecular formula is C26H35N5O2.